The maximum atomic E-state index is 15.0. The number of amides is 2. The van der Waals surface area contributed by atoms with E-state index in [9.17, 15) is 4.79 Å². The summed E-state index contributed by atoms with van der Waals surface area (Å²) in [6, 6.07) is 8.23. The van der Waals surface area contributed by atoms with E-state index in [0.717, 1.165) is 60.4 Å². The van der Waals surface area contributed by atoms with Crippen LogP contribution >= 0.6 is 11.3 Å². The van der Waals surface area contributed by atoms with Gasteiger partial charge < -0.3 is 15.4 Å². The van der Waals surface area contributed by atoms with Gasteiger partial charge in [-0.05, 0) is 80.5 Å². The molecular weight excluding hydrogens is 559 g/mol. The fourth-order valence-electron chi connectivity index (χ4n) is 5.28. The minimum atomic E-state index is -0.545. The molecule has 0 bridgehead atoms. The van der Waals surface area contributed by atoms with Gasteiger partial charge in [-0.15, -0.1) is 11.3 Å². The molecular formula is C35H43FN4O2S. The maximum Gasteiger partial charge on any atom is 0.319 e. The zero-order valence-electron chi connectivity index (χ0n) is 25.5. The van der Waals surface area contributed by atoms with Crippen molar-refractivity contribution in [2.75, 3.05) is 25.0 Å². The smallest absolute Gasteiger partial charge is 0.319 e. The minimum Gasteiger partial charge on any atom is -0.453 e. The topological polar surface area (TPSA) is 66.5 Å². The molecule has 0 radical (unpaired) electrons. The first kappa shape index (κ1) is 31.0. The Kier molecular flexibility index (Phi) is 10.7. The molecule has 0 aliphatic heterocycles. The first-order valence-electron chi connectivity index (χ1n) is 15.7. The van der Waals surface area contributed by atoms with E-state index in [1.807, 2.05) is 0 Å². The average Bonchev–Trinajstić information content (AvgIpc) is 3.67. The number of unbranched alkanes of at least 4 members (excludes halogenated alkanes) is 2. The molecule has 1 fully saturated rings. The van der Waals surface area contributed by atoms with Gasteiger partial charge >= 0.3 is 6.03 Å². The van der Waals surface area contributed by atoms with Crippen LogP contribution in [0.25, 0.3) is 15.8 Å². The maximum absolute atomic E-state index is 15.0. The third-order valence-electron chi connectivity index (χ3n) is 7.69. The first-order chi connectivity index (χ1) is 20.9. The first-order valence-corrected chi connectivity index (χ1v) is 16.5. The second-order valence-corrected chi connectivity index (χ2v) is 12.7. The number of nitrogens with zero attached hydrogens (tertiary/aromatic N) is 2. The third kappa shape index (κ3) is 8.77. The van der Waals surface area contributed by atoms with Crippen molar-refractivity contribution in [3.63, 3.8) is 0 Å². The summed E-state index contributed by atoms with van der Waals surface area (Å²) in [5, 5.41) is 5.52. The number of carbonyl (C=O) groups is 1. The number of hydrogen-bond acceptors (Lipinski definition) is 5. The Hall–Kier alpha value is -3.49. The van der Waals surface area contributed by atoms with Crippen LogP contribution in [0.5, 0.6) is 11.5 Å². The van der Waals surface area contributed by atoms with Gasteiger partial charge in [0.25, 0.3) is 0 Å². The molecule has 228 valence electrons. The Balaban J connectivity index is 1.31. The van der Waals surface area contributed by atoms with E-state index in [1.165, 1.54) is 36.5 Å². The lowest BCUT2D eigenvalue weighted by molar-refractivity contribution is 0.251. The van der Waals surface area contributed by atoms with Crippen LogP contribution in [-0.2, 0) is 0 Å². The van der Waals surface area contributed by atoms with E-state index in [2.05, 4.69) is 71.7 Å². The molecule has 43 heavy (non-hydrogen) atoms. The minimum absolute atomic E-state index is 0.0971. The number of anilines is 1. The summed E-state index contributed by atoms with van der Waals surface area (Å²) in [4.78, 5) is 20.3. The van der Waals surface area contributed by atoms with Crippen LogP contribution in [0.15, 0.2) is 66.4 Å². The largest absolute Gasteiger partial charge is 0.453 e. The van der Waals surface area contributed by atoms with Crippen molar-refractivity contribution in [2.45, 2.75) is 71.8 Å². The van der Waals surface area contributed by atoms with Gasteiger partial charge in [0, 0.05) is 41.5 Å². The molecule has 1 saturated carbocycles. The summed E-state index contributed by atoms with van der Waals surface area (Å²) in [6.45, 7) is 10.0. The number of halogens is 1. The number of benzene rings is 1. The number of allylic oxidation sites excluding steroid dienone is 4. The van der Waals surface area contributed by atoms with E-state index in [4.69, 9.17) is 4.74 Å². The number of pyridine rings is 1. The summed E-state index contributed by atoms with van der Waals surface area (Å²) in [5.74, 6) is 0.552. The van der Waals surface area contributed by atoms with Crippen LogP contribution in [0.4, 0.5) is 14.9 Å². The van der Waals surface area contributed by atoms with Gasteiger partial charge in [0.2, 0.25) is 0 Å². The Labute approximate surface area is 258 Å². The fourth-order valence-corrected chi connectivity index (χ4v) is 6.37. The predicted octanol–water partition coefficient (Wildman–Crippen LogP) is 9.32. The Morgan fingerprint density at radius 3 is 2.72 bits per heavy atom. The summed E-state index contributed by atoms with van der Waals surface area (Å²) < 4.78 is 21.9. The molecule has 3 aromatic rings. The van der Waals surface area contributed by atoms with Crippen LogP contribution < -0.4 is 15.4 Å². The monoisotopic (exact) mass is 602 g/mol. The number of rotatable bonds is 13. The zero-order chi connectivity index (χ0) is 30.2. The SMILES string of the molecule is CCCCCN(CCC)CC1=CC(C)CC=C(c2cc3nccc(Oc4ccc(NC(=O)NC5CC5)cc4F)c3s2)C=C1. The van der Waals surface area contributed by atoms with Crippen molar-refractivity contribution in [3.8, 4) is 11.5 Å². The van der Waals surface area contributed by atoms with Gasteiger partial charge in [0.15, 0.2) is 11.6 Å². The number of thiophene rings is 1. The highest BCUT2D eigenvalue weighted by Crippen LogP contribution is 2.39. The summed E-state index contributed by atoms with van der Waals surface area (Å²) in [7, 11) is 0. The molecule has 2 amide bonds. The quantitative estimate of drug-likeness (QED) is 0.191. The Morgan fingerprint density at radius 2 is 1.95 bits per heavy atom. The van der Waals surface area contributed by atoms with Gasteiger partial charge in [-0.1, -0.05) is 57.9 Å². The van der Waals surface area contributed by atoms with Crippen LogP contribution in [0.3, 0.4) is 0 Å². The highest BCUT2D eigenvalue weighted by molar-refractivity contribution is 7.20. The van der Waals surface area contributed by atoms with Gasteiger partial charge in [0.1, 0.15) is 5.75 Å². The highest BCUT2D eigenvalue weighted by atomic mass is 32.1. The lowest BCUT2D eigenvalue weighted by Crippen LogP contribution is -2.30. The molecule has 0 saturated heterocycles. The van der Waals surface area contributed by atoms with Crippen molar-refractivity contribution in [1.29, 1.82) is 0 Å². The molecule has 0 spiro atoms. The second kappa shape index (κ2) is 14.8. The third-order valence-corrected chi connectivity index (χ3v) is 8.88. The summed E-state index contributed by atoms with van der Waals surface area (Å²) in [6.07, 6.45) is 18.8. The van der Waals surface area contributed by atoms with Gasteiger partial charge in [-0.2, -0.15) is 0 Å². The molecule has 2 aliphatic carbocycles. The van der Waals surface area contributed by atoms with E-state index in [0.29, 0.717) is 17.4 Å². The molecule has 8 heteroatoms. The number of hydrogen-bond donors (Lipinski definition) is 2. The Bertz CT molecular complexity index is 1510. The van der Waals surface area contributed by atoms with Crippen LogP contribution in [0.1, 0.15) is 70.6 Å². The second-order valence-electron chi connectivity index (χ2n) is 11.7. The van der Waals surface area contributed by atoms with Crippen LogP contribution in [0, 0.1) is 11.7 Å². The molecule has 2 aromatic heterocycles. The predicted molar refractivity (Wildman–Crippen MR) is 177 cm³/mol. The number of urea groups is 1. The molecule has 1 unspecified atom stereocenters. The van der Waals surface area contributed by atoms with Crippen molar-refractivity contribution in [3.05, 3.63) is 77.1 Å². The van der Waals surface area contributed by atoms with Crippen molar-refractivity contribution >= 4 is 38.8 Å². The van der Waals surface area contributed by atoms with E-state index < -0.39 is 5.82 Å². The fraction of sp³-hybridized carbons (Fsp3) is 0.429. The molecule has 2 heterocycles. The highest BCUT2D eigenvalue weighted by Gasteiger charge is 2.23. The number of fused-ring (bicyclic) bond motifs is 1. The molecule has 1 aromatic carbocycles. The van der Waals surface area contributed by atoms with Crippen molar-refractivity contribution in [1.82, 2.24) is 15.2 Å². The summed E-state index contributed by atoms with van der Waals surface area (Å²) >= 11 is 1.61. The van der Waals surface area contributed by atoms with Crippen LogP contribution in [-0.4, -0.2) is 41.6 Å². The molecule has 2 N–H and O–H groups in total. The summed E-state index contributed by atoms with van der Waals surface area (Å²) in [5.41, 5.74) is 3.74. The Morgan fingerprint density at radius 1 is 1.09 bits per heavy atom. The van der Waals surface area contributed by atoms with Crippen molar-refractivity contribution in [2.24, 2.45) is 5.92 Å². The lowest BCUT2D eigenvalue weighted by Gasteiger charge is -2.23. The number of carbonyl (C=O) groups excluding carboxylic acids is 1. The molecule has 5 rings (SSSR count). The van der Waals surface area contributed by atoms with E-state index >= 15 is 4.39 Å². The van der Waals surface area contributed by atoms with Gasteiger partial charge in [0.05, 0.1) is 10.2 Å². The van der Waals surface area contributed by atoms with Gasteiger partial charge in [-0.25, -0.2) is 9.18 Å². The normalized spacial score (nSPS) is 16.9. The van der Waals surface area contributed by atoms with E-state index in [1.54, 1.807) is 35.7 Å². The van der Waals surface area contributed by atoms with Gasteiger partial charge in [-0.3, -0.25) is 9.88 Å². The average molecular weight is 603 g/mol. The lowest BCUT2D eigenvalue weighted by atomic mass is 9.97. The van der Waals surface area contributed by atoms with E-state index in [-0.39, 0.29) is 17.8 Å². The molecule has 2 aliphatic rings. The zero-order valence-corrected chi connectivity index (χ0v) is 26.3. The van der Waals surface area contributed by atoms with Crippen LogP contribution in [0.2, 0.25) is 0 Å². The number of aromatic nitrogens is 1. The molecule has 1 atom stereocenters. The molecule has 6 nitrogen and oxygen atoms in total. The standard InChI is InChI=1S/C35H43FN4O2S/c1-4-6-7-19-40(18-5-2)23-25-9-11-26(10-8-24(3)20-25)33-22-30-34(43-33)32(16-17-37-30)42-31-15-14-28(21-29(31)36)39-35(41)38-27-12-13-27/h9-11,14-17,20-22,24,27H,4-8,12-13,18-19,23H2,1-3H3,(H2,38,39,41). The van der Waals surface area contributed by atoms with Crippen molar-refractivity contribution < 1.29 is 13.9 Å². The number of nitrogens with one attached hydrogen (secondary N) is 2. The number of ether oxygens (including phenoxy) is 1.